The zero-order chi connectivity index (χ0) is 20.8. The lowest BCUT2D eigenvalue weighted by Gasteiger charge is -2.34. The summed E-state index contributed by atoms with van der Waals surface area (Å²) in [5, 5.41) is 3.04. The maximum atomic E-state index is 12.5. The van der Waals surface area contributed by atoms with Gasteiger partial charge in [0.25, 0.3) is 0 Å². The molecule has 2 amide bonds. The van der Waals surface area contributed by atoms with E-state index < -0.39 is 0 Å². The lowest BCUT2D eigenvalue weighted by atomic mass is 10.1. The summed E-state index contributed by atoms with van der Waals surface area (Å²) in [5.74, 6) is 0.202. The number of hydrogen-bond donors (Lipinski definition) is 1. The Kier molecular flexibility index (Phi) is 7.04. The quantitative estimate of drug-likeness (QED) is 0.819. The van der Waals surface area contributed by atoms with Gasteiger partial charge in [0.1, 0.15) is 0 Å². The Morgan fingerprint density at radius 2 is 1.59 bits per heavy atom. The third kappa shape index (κ3) is 5.91. The van der Waals surface area contributed by atoms with Crippen LogP contribution < -0.4 is 5.32 Å². The van der Waals surface area contributed by atoms with E-state index in [1.165, 1.54) is 11.1 Å². The van der Waals surface area contributed by atoms with Gasteiger partial charge in [-0.05, 0) is 43.9 Å². The predicted molar refractivity (Wildman–Crippen MR) is 117 cm³/mol. The van der Waals surface area contributed by atoms with Crippen LogP contribution in [0.15, 0.2) is 42.5 Å². The van der Waals surface area contributed by atoms with Crippen LogP contribution in [0.3, 0.4) is 0 Å². The Balaban J connectivity index is 1.42. The third-order valence-electron chi connectivity index (χ3n) is 5.55. The van der Waals surface area contributed by atoms with Gasteiger partial charge in [0, 0.05) is 38.3 Å². The van der Waals surface area contributed by atoms with Crippen LogP contribution in [-0.2, 0) is 16.0 Å². The number of aryl methyl sites for hydroxylation is 4. The van der Waals surface area contributed by atoms with Crippen LogP contribution in [-0.4, -0.2) is 54.3 Å². The maximum Gasteiger partial charge on any atom is 0.238 e. The third-order valence-corrected chi connectivity index (χ3v) is 5.55. The fourth-order valence-electron chi connectivity index (χ4n) is 3.83. The lowest BCUT2D eigenvalue weighted by Crippen LogP contribution is -2.50. The molecular formula is C24H31N3O2. The summed E-state index contributed by atoms with van der Waals surface area (Å²) >= 11 is 0. The molecule has 0 aromatic heterocycles. The van der Waals surface area contributed by atoms with Crippen LogP contribution in [0.2, 0.25) is 0 Å². The van der Waals surface area contributed by atoms with Crippen molar-refractivity contribution in [2.24, 2.45) is 0 Å². The fraction of sp³-hybridized carbons (Fsp3) is 0.417. The number of amides is 2. The number of benzene rings is 2. The molecule has 0 aliphatic carbocycles. The number of rotatable bonds is 6. The van der Waals surface area contributed by atoms with E-state index in [0.29, 0.717) is 26.1 Å². The normalized spacial score (nSPS) is 14.7. The lowest BCUT2D eigenvalue weighted by molar-refractivity contribution is -0.133. The molecule has 0 radical (unpaired) electrons. The highest BCUT2D eigenvalue weighted by Gasteiger charge is 2.22. The monoisotopic (exact) mass is 393 g/mol. The van der Waals surface area contributed by atoms with Gasteiger partial charge < -0.3 is 10.2 Å². The van der Waals surface area contributed by atoms with Crippen molar-refractivity contribution in [2.75, 3.05) is 38.0 Å². The number of para-hydroxylation sites is 1. The molecule has 0 saturated carbocycles. The topological polar surface area (TPSA) is 52.7 Å². The zero-order valence-electron chi connectivity index (χ0n) is 17.7. The molecule has 0 unspecified atom stereocenters. The van der Waals surface area contributed by atoms with Crippen molar-refractivity contribution in [3.63, 3.8) is 0 Å². The van der Waals surface area contributed by atoms with Crippen molar-refractivity contribution in [3.05, 3.63) is 64.7 Å². The highest BCUT2D eigenvalue weighted by molar-refractivity contribution is 5.93. The summed E-state index contributed by atoms with van der Waals surface area (Å²) in [5.41, 5.74) is 5.48. The van der Waals surface area contributed by atoms with Crippen LogP contribution in [0.5, 0.6) is 0 Å². The molecule has 1 fully saturated rings. The largest absolute Gasteiger partial charge is 0.340 e. The van der Waals surface area contributed by atoms with Gasteiger partial charge >= 0.3 is 0 Å². The zero-order valence-corrected chi connectivity index (χ0v) is 17.7. The summed E-state index contributed by atoms with van der Waals surface area (Å²) in [6.45, 7) is 9.27. The van der Waals surface area contributed by atoms with E-state index in [4.69, 9.17) is 0 Å². The number of carbonyl (C=O) groups excluding carboxylic acids is 2. The van der Waals surface area contributed by atoms with Crippen molar-refractivity contribution >= 4 is 17.5 Å². The van der Waals surface area contributed by atoms with Crippen molar-refractivity contribution in [1.82, 2.24) is 9.80 Å². The highest BCUT2D eigenvalue weighted by Crippen LogP contribution is 2.19. The molecule has 0 atom stereocenters. The van der Waals surface area contributed by atoms with Crippen LogP contribution in [0, 0.1) is 20.8 Å². The molecule has 1 aliphatic heterocycles. The number of nitrogens with zero attached hydrogens (tertiary/aromatic N) is 2. The molecule has 3 rings (SSSR count). The number of hydrogen-bond acceptors (Lipinski definition) is 3. The van der Waals surface area contributed by atoms with Gasteiger partial charge in [0.2, 0.25) is 11.8 Å². The Bertz CT molecular complexity index is 850. The Labute approximate surface area is 173 Å². The van der Waals surface area contributed by atoms with E-state index in [1.807, 2.05) is 43.0 Å². The molecule has 0 bridgehead atoms. The van der Waals surface area contributed by atoms with Crippen molar-refractivity contribution < 1.29 is 9.59 Å². The van der Waals surface area contributed by atoms with E-state index in [9.17, 15) is 9.59 Å². The summed E-state index contributed by atoms with van der Waals surface area (Å²) in [6.07, 6.45) is 1.31. The number of anilines is 1. The minimum Gasteiger partial charge on any atom is -0.340 e. The second kappa shape index (κ2) is 9.70. The van der Waals surface area contributed by atoms with Gasteiger partial charge in [-0.2, -0.15) is 0 Å². The summed E-state index contributed by atoms with van der Waals surface area (Å²) in [6, 6.07) is 14.3. The molecule has 29 heavy (non-hydrogen) atoms. The molecular weight excluding hydrogens is 362 g/mol. The molecule has 5 nitrogen and oxygen atoms in total. The number of nitrogens with one attached hydrogen (secondary N) is 1. The van der Waals surface area contributed by atoms with E-state index in [1.54, 1.807) is 0 Å². The molecule has 1 heterocycles. The average molecular weight is 394 g/mol. The second-order valence-corrected chi connectivity index (χ2v) is 7.96. The van der Waals surface area contributed by atoms with Crippen LogP contribution in [0.4, 0.5) is 5.69 Å². The summed E-state index contributed by atoms with van der Waals surface area (Å²) in [7, 11) is 0. The van der Waals surface area contributed by atoms with E-state index >= 15 is 0 Å². The van der Waals surface area contributed by atoms with E-state index in [0.717, 1.165) is 36.3 Å². The predicted octanol–water partition coefficient (Wildman–Crippen LogP) is 3.33. The van der Waals surface area contributed by atoms with Crippen LogP contribution >= 0.6 is 0 Å². The van der Waals surface area contributed by atoms with Crippen molar-refractivity contribution in [3.8, 4) is 0 Å². The SMILES string of the molecule is Cc1cccc(CCC(=O)N2CCN(CC(=O)Nc3c(C)cccc3C)CC2)c1. The summed E-state index contributed by atoms with van der Waals surface area (Å²) < 4.78 is 0. The number of piperazine rings is 1. The molecule has 154 valence electrons. The van der Waals surface area contributed by atoms with Crippen molar-refractivity contribution in [1.29, 1.82) is 0 Å². The molecule has 1 aliphatic rings. The smallest absolute Gasteiger partial charge is 0.238 e. The van der Waals surface area contributed by atoms with Gasteiger partial charge in [-0.1, -0.05) is 48.0 Å². The average Bonchev–Trinajstić information content (AvgIpc) is 2.70. The number of carbonyl (C=O) groups is 2. The van der Waals surface area contributed by atoms with Gasteiger partial charge in [0.05, 0.1) is 6.54 Å². The molecule has 2 aromatic carbocycles. The van der Waals surface area contributed by atoms with Gasteiger partial charge in [-0.15, -0.1) is 0 Å². The van der Waals surface area contributed by atoms with Gasteiger partial charge in [0.15, 0.2) is 0 Å². The van der Waals surface area contributed by atoms with Gasteiger partial charge in [-0.25, -0.2) is 0 Å². The minimum atomic E-state index is 0.00150. The first-order valence-corrected chi connectivity index (χ1v) is 10.3. The Morgan fingerprint density at radius 1 is 0.931 bits per heavy atom. The Hall–Kier alpha value is -2.66. The molecule has 0 spiro atoms. The fourth-order valence-corrected chi connectivity index (χ4v) is 3.83. The maximum absolute atomic E-state index is 12.5. The standard InChI is InChI=1S/C24H31N3O2/c1-18-6-4-9-21(16-18)10-11-23(29)27-14-12-26(13-15-27)17-22(28)25-24-19(2)7-5-8-20(24)3/h4-9,16H,10-15,17H2,1-3H3,(H,25,28). The van der Waals surface area contributed by atoms with E-state index in [2.05, 4.69) is 35.3 Å². The van der Waals surface area contributed by atoms with Crippen LogP contribution in [0.1, 0.15) is 28.7 Å². The summed E-state index contributed by atoms with van der Waals surface area (Å²) in [4.78, 5) is 29.0. The second-order valence-electron chi connectivity index (χ2n) is 7.96. The first kappa shape index (κ1) is 21.1. The highest BCUT2D eigenvalue weighted by atomic mass is 16.2. The molecule has 1 saturated heterocycles. The molecule has 2 aromatic rings. The first-order chi connectivity index (χ1) is 13.9. The Morgan fingerprint density at radius 3 is 2.24 bits per heavy atom. The molecule has 1 N–H and O–H groups in total. The van der Waals surface area contributed by atoms with Gasteiger partial charge in [-0.3, -0.25) is 14.5 Å². The van der Waals surface area contributed by atoms with Crippen molar-refractivity contribution in [2.45, 2.75) is 33.6 Å². The van der Waals surface area contributed by atoms with Crippen LogP contribution in [0.25, 0.3) is 0 Å². The first-order valence-electron chi connectivity index (χ1n) is 10.3. The molecule has 5 heteroatoms. The van der Waals surface area contributed by atoms with E-state index in [-0.39, 0.29) is 11.8 Å². The minimum absolute atomic E-state index is 0.00150.